The van der Waals surface area contributed by atoms with Gasteiger partial charge in [0.1, 0.15) is 0 Å². The smallest absolute Gasteiger partial charge is 0.314 e. The van der Waals surface area contributed by atoms with Crippen LogP contribution in [0.2, 0.25) is 0 Å². The molecule has 5 aliphatic rings. The first-order chi connectivity index (χ1) is 8.19. The Hall–Kier alpha value is -0.860. The van der Waals surface area contributed by atoms with Gasteiger partial charge in [0.2, 0.25) is 0 Å². The van der Waals surface area contributed by atoms with Crippen molar-refractivity contribution in [1.29, 1.82) is 0 Å². The molecule has 17 heavy (non-hydrogen) atoms. The summed E-state index contributed by atoms with van der Waals surface area (Å²) in [5, 5.41) is 0. The molecule has 4 aliphatic carbocycles. The van der Waals surface area contributed by atoms with E-state index in [0.717, 1.165) is 0 Å². The first kappa shape index (κ1) is 11.2. The molecule has 5 rings (SSSR count). The fraction of sp³-hybridized carbons (Fsp3) is 0.857. The average molecular weight is 236 g/mol. The maximum Gasteiger partial charge on any atom is 0.314 e. The zero-order valence-corrected chi connectivity index (χ0v) is 10.2. The number of cyclic esters (lactones) is 2. The van der Waals surface area contributed by atoms with E-state index in [4.69, 9.17) is 0 Å². The first-order valence-electron chi connectivity index (χ1n) is 6.92. The lowest BCUT2D eigenvalue weighted by molar-refractivity contribution is -0.151. The van der Waals surface area contributed by atoms with E-state index in [9.17, 15) is 9.59 Å². The quantitative estimate of drug-likeness (QED) is 0.480. The van der Waals surface area contributed by atoms with Gasteiger partial charge in [0.25, 0.3) is 0 Å². The van der Waals surface area contributed by atoms with Gasteiger partial charge in [-0.2, -0.15) is 0 Å². The van der Waals surface area contributed by atoms with E-state index in [2.05, 4.69) is 4.74 Å². The minimum absolute atomic E-state index is 0.263. The molecule has 0 aromatic rings. The molecule has 0 radical (unpaired) electrons. The maximum atomic E-state index is 10.0. The van der Waals surface area contributed by atoms with Crippen LogP contribution in [-0.2, 0) is 14.3 Å². The number of rotatable bonds is 0. The third-order valence-electron chi connectivity index (χ3n) is 4.76. The van der Waals surface area contributed by atoms with E-state index in [-0.39, 0.29) is 12.8 Å². The summed E-state index contributed by atoms with van der Waals surface area (Å²) in [4.78, 5) is 20.0. The second kappa shape index (κ2) is 4.43. The van der Waals surface area contributed by atoms with Crippen molar-refractivity contribution in [2.24, 2.45) is 23.7 Å². The number of hydrogen-bond donors (Lipinski definition) is 0. The lowest BCUT2D eigenvalue weighted by atomic mass is 9.56. The average Bonchev–Trinajstić information content (AvgIpc) is 2.61. The van der Waals surface area contributed by atoms with Gasteiger partial charge in [0, 0.05) is 0 Å². The van der Waals surface area contributed by atoms with Crippen LogP contribution in [0, 0.1) is 23.7 Å². The molecule has 5 fully saturated rings. The SMILES string of the molecule is C1C2CC3CC1CC(C2)C3.O=C1CCC(=O)O1. The van der Waals surface area contributed by atoms with Crippen LogP contribution in [0.1, 0.15) is 51.4 Å². The van der Waals surface area contributed by atoms with Gasteiger partial charge in [0.15, 0.2) is 0 Å². The maximum absolute atomic E-state index is 10.0. The van der Waals surface area contributed by atoms with Crippen LogP contribution in [-0.4, -0.2) is 11.9 Å². The number of hydrogen-bond acceptors (Lipinski definition) is 3. The molecule has 3 nitrogen and oxygen atoms in total. The Balaban J connectivity index is 0.000000115. The van der Waals surface area contributed by atoms with E-state index in [0.29, 0.717) is 0 Å². The zero-order chi connectivity index (χ0) is 11.8. The minimum Gasteiger partial charge on any atom is -0.393 e. The number of carbonyl (C=O) groups excluding carboxylic acids is 2. The van der Waals surface area contributed by atoms with E-state index < -0.39 is 11.9 Å². The first-order valence-corrected chi connectivity index (χ1v) is 6.92. The van der Waals surface area contributed by atoms with Crippen LogP contribution in [0.4, 0.5) is 0 Å². The summed E-state index contributed by atoms with van der Waals surface area (Å²) >= 11 is 0. The lowest BCUT2D eigenvalue weighted by Gasteiger charge is -2.49. The molecular formula is C14H20O3. The van der Waals surface area contributed by atoms with Crippen molar-refractivity contribution in [3.63, 3.8) is 0 Å². The second-order valence-electron chi connectivity index (χ2n) is 6.22. The number of carbonyl (C=O) groups is 2. The second-order valence-corrected chi connectivity index (χ2v) is 6.22. The van der Waals surface area contributed by atoms with Gasteiger partial charge in [-0.05, 0) is 62.2 Å². The summed E-state index contributed by atoms with van der Waals surface area (Å²) in [5.74, 6) is 3.91. The predicted molar refractivity (Wildman–Crippen MR) is 62.0 cm³/mol. The van der Waals surface area contributed by atoms with Gasteiger partial charge >= 0.3 is 11.9 Å². The van der Waals surface area contributed by atoms with Crippen LogP contribution < -0.4 is 0 Å². The van der Waals surface area contributed by atoms with E-state index in [1.165, 1.54) is 23.7 Å². The van der Waals surface area contributed by atoms with Crippen LogP contribution in [0.25, 0.3) is 0 Å². The number of ether oxygens (including phenoxy) is 1. The minimum atomic E-state index is -0.398. The summed E-state index contributed by atoms with van der Waals surface area (Å²) in [7, 11) is 0. The van der Waals surface area contributed by atoms with Crippen molar-refractivity contribution in [2.75, 3.05) is 0 Å². The Morgan fingerprint density at radius 3 is 1.12 bits per heavy atom. The number of esters is 2. The monoisotopic (exact) mass is 236 g/mol. The molecule has 0 aromatic heterocycles. The summed E-state index contributed by atoms with van der Waals surface area (Å²) in [6.45, 7) is 0. The molecule has 0 atom stereocenters. The Morgan fingerprint density at radius 1 is 0.647 bits per heavy atom. The van der Waals surface area contributed by atoms with Crippen LogP contribution in [0.5, 0.6) is 0 Å². The van der Waals surface area contributed by atoms with Gasteiger partial charge in [-0.1, -0.05) is 0 Å². The van der Waals surface area contributed by atoms with Crippen LogP contribution >= 0.6 is 0 Å². The van der Waals surface area contributed by atoms with Gasteiger partial charge < -0.3 is 4.74 Å². The molecule has 0 aromatic carbocycles. The molecule has 94 valence electrons. The molecule has 0 unspecified atom stereocenters. The lowest BCUT2D eigenvalue weighted by Crippen LogP contribution is -2.38. The molecule has 3 heteroatoms. The van der Waals surface area contributed by atoms with E-state index >= 15 is 0 Å². The van der Waals surface area contributed by atoms with Gasteiger partial charge in [0.05, 0.1) is 12.8 Å². The molecule has 0 amide bonds. The Kier molecular flexibility index (Phi) is 2.93. The molecule has 4 saturated carbocycles. The van der Waals surface area contributed by atoms with Gasteiger partial charge in [-0.3, -0.25) is 9.59 Å². The highest BCUT2D eigenvalue weighted by Gasteiger charge is 2.41. The summed E-state index contributed by atoms with van der Waals surface area (Å²) in [6, 6.07) is 0. The fourth-order valence-electron chi connectivity index (χ4n) is 4.42. The van der Waals surface area contributed by atoms with Gasteiger partial charge in [-0.15, -0.1) is 0 Å². The molecule has 0 spiro atoms. The standard InChI is InChI=1S/C10H16.C4H4O3/c1-7-2-9-4-8(1)5-10(3-7)6-9;5-3-1-2-4(6)7-3/h7-10H,1-6H2;1-2H2. The summed E-state index contributed by atoms with van der Waals surface area (Å²) in [5.41, 5.74) is 0. The normalized spacial score (nSPS) is 42.1. The Bertz CT molecular complexity index is 264. The van der Waals surface area contributed by atoms with E-state index in [1.54, 1.807) is 38.5 Å². The third kappa shape index (κ3) is 2.53. The van der Waals surface area contributed by atoms with Crippen molar-refractivity contribution < 1.29 is 14.3 Å². The molecule has 1 heterocycles. The summed E-state index contributed by atoms with van der Waals surface area (Å²) in [6.07, 6.45) is 10.2. The van der Waals surface area contributed by atoms with Crippen molar-refractivity contribution >= 4 is 11.9 Å². The molecule has 0 N–H and O–H groups in total. The van der Waals surface area contributed by atoms with Crippen LogP contribution in [0.15, 0.2) is 0 Å². The fourth-order valence-corrected chi connectivity index (χ4v) is 4.42. The Morgan fingerprint density at radius 2 is 0.941 bits per heavy atom. The van der Waals surface area contributed by atoms with E-state index in [1.807, 2.05) is 0 Å². The van der Waals surface area contributed by atoms with Gasteiger partial charge in [-0.25, -0.2) is 0 Å². The van der Waals surface area contributed by atoms with Crippen molar-refractivity contribution in [3.05, 3.63) is 0 Å². The molecule has 1 saturated heterocycles. The van der Waals surface area contributed by atoms with Crippen LogP contribution in [0.3, 0.4) is 0 Å². The highest BCUT2D eigenvalue weighted by Crippen LogP contribution is 2.53. The Labute approximate surface area is 102 Å². The molecular weight excluding hydrogens is 216 g/mol. The highest BCUT2D eigenvalue weighted by atomic mass is 16.6. The zero-order valence-electron chi connectivity index (χ0n) is 10.2. The molecule has 1 aliphatic heterocycles. The topological polar surface area (TPSA) is 43.4 Å². The summed E-state index contributed by atoms with van der Waals surface area (Å²) < 4.78 is 4.08. The van der Waals surface area contributed by atoms with Crippen molar-refractivity contribution in [1.82, 2.24) is 0 Å². The van der Waals surface area contributed by atoms with Crippen molar-refractivity contribution in [2.45, 2.75) is 51.4 Å². The van der Waals surface area contributed by atoms with Crippen molar-refractivity contribution in [3.8, 4) is 0 Å². The highest BCUT2D eigenvalue weighted by molar-refractivity contribution is 5.92. The molecule has 4 bridgehead atoms. The predicted octanol–water partition coefficient (Wildman–Crippen LogP) is 2.68. The largest absolute Gasteiger partial charge is 0.393 e. The third-order valence-corrected chi connectivity index (χ3v) is 4.76.